The fraction of sp³-hybridized carbons (Fsp3) is 0.435. The van der Waals surface area contributed by atoms with E-state index < -0.39 is 35.6 Å². The third kappa shape index (κ3) is 12.2. The van der Waals surface area contributed by atoms with Crippen LogP contribution >= 0.6 is 11.3 Å². The van der Waals surface area contributed by atoms with Crippen LogP contribution in [0.2, 0.25) is 0 Å². The number of imide groups is 1. The van der Waals surface area contributed by atoms with Crippen LogP contribution in [0.1, 0.15) is 128 Å². The van der Waals surface area contributed by atoms with Crippen molar-refractivity contribution in [2.75, 3.05) is 47.8 Å². The zero-order valence-electron chi connectivity index (χ0n) is 46.4. The maximum atomic E-state index is 14.8. The highest BCUT2D eigenvalue weighted by atomic mass is 32.1. The quantitative estimate of drug-likeness (QED) is 0.0603. The Bertz CT molecular complexity index is 3500. The van der Waals surface area contributed by atoms with Crippen molar-refractivity contribution < 1.29 is 41.8 Å². The standard InChI is InChI=1S/C62H68F3N9O6S/c1-37-42(43-25-27-53(67-56(43)59(78)80-61(2,3)4)73-31-29-39-13-10-15-44(47(39)35-73)57(76)69-60-66-48-16-6-7-18-51(48)81-60)14-11-17-50(37)79-41-22-19-38(20-23-41)12-8-9-30-72-32-33-74(52(36-72)62(63,64)65)40-21-24-45-49(34-40)71(5)70-55(45)46-26-28-54(75)68-58(46)77/h6-7,10-11,13-18,21,24-25,27,34,38,41,46,52H,8-9,12,19-20,22-23,26,28-33,35-36H2,1-5H3,(H,66,69,76)(H,68,75,77)/t38-,41-,46?,52-/m1/s1. The Balaban J connectivity index is 0.694. The lowest BCUT2D eigenvalue weighted by atomic mass is 9.84. The van der Waals surface area contributed by atoms with Gasteiger partial charge in [0.2, 0.25) is 11.8 Å². The summed E-state index contributed by atoms with van der Waals surface area (Å²) in [5, 5.41) is 11.2. The number of ether oxygens (including phenoxy) is 2. The molecular weight excluding hydrogens is 1060 g/mol. The minimum Gasteiger partial charge on any atom is -0.490 e. The number of hydrogen-bond acceptors (Lipinski definition) is 13. The van der Waals surface area contributed by atoms with Crippen molar-refractivity contribution in [3.63, 3.8) is 0 Å². The molecule has 0 radical (unpaired) electrons. The summed E-state index contributed by atoms with van der Waals surface area (Å²) in [5.41, 5.74) is 6.77. The fourth-order valence-electron chi connectivity index (χ4n) is 12.2. The van der Waals surface area contributed by atoms with E-state index in [1.54, 1.807) is 29.9 Å². The molecule has 7 aromatic rings. The van der Waals surface area contributed by atoms with Crippen LogP contribution in [0.5, 0.6) is 5.75 Å². The minimum absolute atomic E-state index is 0.0118. The number of carbonyl (C=O) groups is 4. The molecule has 0 spiro atoms. The monoisotopic (exact) mass is 1120 g/mol. The molecule has 19 heteroatoms. The number of rotatable bonds is 14. The van der Waals surface area contributed by atoms with Crippen molar-refractivity contribution in [1.82, 2.24) is 30.0 Å². The summed E-state index contributed by atoms with van der Waals surface area (Å²) in [4.78, 5) is 67.5. The first-order valence-electron chi connectivity index (χ1n) is 28.2. The summed E-state index contributed by atoms with van der Waals surface area (Å²) >= 11 is 1.43. The van der Waals surface area contributed by atoms with E-state index in [4.69, 9.17) is 14.5 Å². The Hall–Kier alpha value is -7.38. The number of thiazole rings is 1. The van der Waals surface area contributed by atoms with Gasteiger partial charge in [-0.2, -0.15) is 18.3 Å². The van der Waals surface area contributed by atoms with E-state index in [1.165, 1.54) is 16.2 Å². The van der Waals surface area contributed by atoms with Gasteiger partial charge in [-0.1, -0.05) is 60.6 Å². The summed E-state index contributed by atoms with van der Waals surface area (Å²) < 4.78 is 59.6. The molecule has 15 nitrogen and oxygen atoms in total. The second-order valence-electron chi connectivity index (χ2n) is 23.1. The number of amides is 3. The third-order valence-corrected chi connectivity index (χ3v) is 17.4. The van der Waals surface area contributed by atoms with E-state index >= 15 is 0 Å². The number of nitrogens with zero attached hydrogens (tertiary/aromatic N) is 7. The van der Waals surface area contributed by atoms with Gasteiger partial charge < -0.3 is 19.3 Å². The topological polar surface area (TPSA) is 164 Å². The first-order valence-corrected chi connectivity index (χ1v) is 29.0. The molecule has 3 amide bonds. The Kier molecular flexibility index (Phi) is 15.7. The first kappa shape index (κ1) is 55.5. The molecular formula is C62H68F3N9O6S. The number of carbonyl (C=O) groups excluding carboxylic acids is 4. The molecule has 4 aliphatic rings. The average molecular weight is 1120 g/mol. The number of para-hydroxylation sites is 1. The number of esters is 1. The number of aryl methyl sites for hydroxylation is 1. The number of piperazine rings is 1. The van der Waals surface area contributed by atoms with E-state index in [0.29, 0.717) is 89.3 Å². The van der Waals surface area contributed by atoms with Crippen LogP contribution in [-0.4, -0.2) is 105 Å². The lowest BCUT2D eigenvalue weighted by molar-refractivity contribution is -0.156. The highest BCUT2D eigenvalue weighted by Crippen LogP contribution is 2.40. The van der Waals surface area contributed by atoms with Crippen molar-refractivity contribution in [1.29, 1.82) is 0 Å². The molecule has 3 fully saturated rings. The first-order chi connectivity index (χ1) is 38.8. The molecule has 81 heavy (non-hydrogen) atoms. The van der Waals surface area contributed by atoms with Crippen LogP contribution < -0.4 is 25.2 Å². The van der Waals surface area contributed by atoms with Crippen LogP contribution in [-0.2, 0) is 34.3 Å². The molecule has 3 aliphatic heterocycles. The highest BCUT2D eigenvalue weighted by molar-refractivity contribution is 7.22. The van der Waals surface area contributed by atoms with E-state index in [1.807, 2.05) is 99.3 Å². The van der Waals surface area contributed by atoms with Crippen molar-refractivity contribution in [3.8, 4) is 16.9 Å². The summed E-state index contributed by atoms with van der Waals surface area (Å²) in [5.74, 6) is -0.239. The van der Waals surface area contributed by atoms with Crippen LogP contribution in [0.3, 0.4) is 0 Å². The number of pyridine rings is 1. The number of nitrogens with one attached hydrogen (secondary N) is 2. The molecule has 6 heterocycles. The summed E-state index contributed by atoms with van der Waals surface area (Å²) in [6, 6.07) is 26.8. The second kappa shape index (κ2) is 22.9. The number of aromatic nitrogens is 4. The van der Waals surface area contributed by atoms with Gasteiger partial charge in [-0.15, -0.1) is 0 Å². The Morgan fingerprint density at radius 2 is 1.65 bits per heavy atom. The number of benzene rings is 4. The molecule has 3 aromatic heterocycles. The van der Waals surface area contributed by atoms with Crippen molar-refractivity contribution in [3.05, 3.63) is 125 Å². The number of piperidine rings is 1. The van der Waals surface area contributed by atoms with Crippen LogP contribution in [0.15, 0.2) is 91.0 Å². The molecule has 1 aliphatic carbocycles. The second-order valence-corrected chi connectivity index (χ2v) is 24.1. The molecule has 2 N–H and O–H groups in total. The minimum atomic E-state index is -4.44. The molecule has 2 atom stereocenters. The average Bonchev–Trinajstić information content (AvgIpc) is 4.26. The van der Waals surface area contributed by atoms with Crippen LogP contribution in [0, 0.1) is 12.8 Å². The molecule has 2 saturated heterocycles. The summed E-state index contributed by atoms with van der Waals surface area (Å²) in [6.07, 6.45) is 3.32. The largest absolute Gasteiger partial charge is 0.490 e. The van der Waals surface area contributed by atoms with Gasteiger partial charge in [-0.05, 0) is 162 Å². The van der Waals surface area contributed by atoms with Gasteiger partial charge in [0.05, 0.1) is 33.4 Å². The van der Waals surface area contributed by atoms with Crippen LogP contribution in [0.25, 0.3) is 32.2 Å². The number of alkyl halides is 3. The lowest BCUT2D eigenvalue weighted by Crippen LogP contribution is -2.59. The van der Waals surface area contributed by atoms with Gasteiger partial charge >= 0.3 is 12.1 Å². The molecule has 4 aromatic carbocycles. The van der Waals surface area contributed by atoms with Crippen molar-refractivity contribution in [2.45, 2.75) is 128 Å². The smallest absolute Gasteiger partial charge is 0.409 e. The van der Waals surface area contributed by atoms with Gasteiger partial charge in [0.1, 0.15) is 23.2 Å². The van der Waals surface area contributed by atoms with E-state index in [2.05, 4.69) is 31.7 Å². The molecule has 1 unspecified atom stereocenters. The number of hydrogen-bond donors (Lipinski definition) is 2. The fourth-order valence-corrected chi connectivity index (χ4v) is 13.1. The molecule has 11 rings (SSSR count). The molecule has 1 saturated carbocycles. The predicted octanol–water partition coefficient (Wildman–Crippen LogP) is 11.7. The molecule has 0 bridgehead atoms. The van der Waals surface area contributed by atoms with Crippen molar-refractivity contribution in [2.24, 2.45) is 13.0 Å². The van der Waals surface area contributed by atoms with E-state index in [0.717, 1.165) is 83.2 Å². The number of unbranched alkanes of at least 4 members (excludes halogenated alkanes) is 1. The summed E-state index contributed by atoms with van der Waals surface area (Å²) in [6.45, 7) is 9.78. The molecule has 424 valence electrons. The van der Waals surface area contributed by atoms with Gasteiger partial charge in [0.25, 0.3) is 5.91 Å². The highest BCUT2D eigenvalue weighted by Gasteiger charge is 2.47. The van der Waals surface area contributed by atoms with Gasteiger partial charge in [0.15, 0.2) is 10.8 Å². The maximum absolute atomic E-state index is 14.8. The predicted molar refractivity (Wildman–Crippen MR) is 308 cm³/mol. The van der Waals surface area contributed by atoms with Gasteiger partial charge in [0, 0.05) is 68.4 Å². The number of anilines is 3. The zero-order chi connectivity index (χ0) is 56.7. The normalized spacial score (nSPS) is 20.1. The SMILES string of the molecule is Cc1c(O[C@H]2CC[C@H](CCCCN3CCN(c4ccc5c(C6CCC(=O)NC6=O)nn(C)c5c4)[C@@H](C(F)(F)F)C3)CC2)cccc1-c1ccc(N2CCc3cccc(C(=O)Nc4nc5ccccc5s4)c3C2)nc1C(=O)OC(C)(C)C. The van der Waals surface area contributed by atoms with E-state index in [-0.39, 0.29) is 43.1 Å². The van der Waals surface area contributed by atoms with Crippen molar-refractivity contribution >= 4 is 72.8 Å². The number of halogens is 3. The Labute approximate surface area is 473 Å². The zero-order valence-corrected chi connectivity index (χ0v) is 47.2. The maximum Gasteiger partial charge on any atom is 0.409 e. The van der Waals surface area contributed by atoms with Gasteiger partial charge in [-0.25, -0.2) is 14.8 Å². The van der Waals surface area contributed by atoms with E-state index in [9.17, 15) is 32.3 Å². The van der Waals surface area contributed by atoms with Crippen LogP contribution in [0.4, 0.5) is 29.8 Å². The summed E-state index contributed by atoms with van der Waals surface area (Å²) in [7, 11) is 1.72. The Morgan fingerprint density at radius 3 is 2.43 bits per heavy atom. The number of fused-ring (bicyclic) bond motifs is 3. The Morgan fingerprint density at radius 1 is 0.852 bits per heavy atom. The lowest BCUT2D eigenvalue weighted by Gasteiger charge is -2.43. The van der Waals surface area contributed by atoms with Gasteiger partial charge in [-0.3, -0.25) is 34.6 Å². The third-order valence-electron chi connectivity index (χ3n) is 16.4.